The Hall–Kier alpha value is -0.370. The zero-order chi connectivity index (χ0) is 5.98. The maximum atomic E-state index is 4.98. The normalized spacial score (nSPS) is 9.25. The summed E-state index contributed by atoms with van der Waals surface area (Å²) in [7, 11) is 0. The summed E-state index contributed by atoms with van der Waals surface area (Å²) in [6.07, 6.45) is 0. The predicted molar refractivity (Wildman–Crippen MR) is 34.8 cm³/mol. The van der Waals surface area contributed by atoms with Crippen LogP contribution < -0.4 is 11.3 Å². The second-order valence-corrected chi connectivity index (χ2v) is 2.07. The number of nitrogens with two attached hydrogens (primary N) is 1. The Morgan fingerprint density at radius 1 is 1.62 bits per heavy atom. The van der Waals surface area contributed by atoms with E-state index < -0.39 is 0 Å². The van der Waals surface area contributed by atoms with Gasteiger partial charge in [-0.05, 0) is 32.9 Å². The molecule has 0 aliphatic heterocycles. The summed E-state index contributed by atoms with van der Waals surface area (Å²) in [6.45, 7) is 0. The highest BCUT2D eigenvalue weighted by atomic mass is 127. The molecule has 8 heavy (non-hydrogen) atoms. The number of hydrazine groups is 1. The molecule has 44 valence electrons. The molecule has 0 aromatic carbocycles. The maximum Gasteiger partial charge on any atom is 0.218 e. The van der Waals surface area contributed by atoms with E-state index in [1.807, 2.05) is 22.6 Å². The monoisotopic (exact) mass is 226 g/mol. The van der Waals surface area contributed by atoms with Crippen molar-refractivity contribution in [1.29, 1.82) is 0 Å². The Morgan fingerprint density at radius 2 is 2.38 bits per heavy atom. The van der Waals surface area contributed by atoms with Crippen molar-refractivity contribution in [1.82, 2.24) is 10.3 Å². The van der Waals surface area contributed by atoms with Crippen LogP contribution in [0, 0.1) is 3.70 Å². The van der Waals surface area contributed by atoms with Crippen LogP contribution in [0.3, 0.4) is 0 Å². The van der Waals surface area contributed by atoms with Gasteiger partial charge in [-0.15, -0.1) is 0 Å². The first kappa shape index (κ1) is 5.76. The van der Waals surface area contributed by atoms with Crippen molar-refractivity contribution in [3.63, 3.8) is 0 Å². The molecule has 0 unspecified atom stereocenters. The van der Waals surface area contributed by atoms with Crippen molar-refractivity contribution in [2.45, 2.75) is 0 Å². The SMILES string of the molecule is NNc1nonc1I. The van der Waals surface area contributed by atoms with E-state index >= 15 is 0 Å². The highest BCUT2D eigenvalue weighted by molar-refractivity contribution is 14.1. The summed E-state index contributed by atoms with van der Waals surface area (Å²) in [5.74, 6) is 5.44. The zero-order valence-corrected chi connectivity index (χ0v) is 5.92. The minimum Gasteiger partial charge on any atom is -0.303 e. The molecule has 0 spiro atoms. The van der Waals surface area contributed by atoms with Gasteiger partial charge in [0.2, 0.25) is 5.82 Å². The van der Waals surface area contributed by atoms with Crippen LogP contribution in [-0.4, -0.2) is 10.3 Å². The van der Waals surface area contributed by atoms with Gasteiger partial charge in [-0.1, -0.05) is 0 Å². The molecule has 0 fully saturated rings. The molecule has 0 aliphatic rings. The number of nitrogen functional groups attached to an aromatic ring is 1. The minimum absolute atomic E-state index is 0.464. The van der Waals surface area contributed by atoms with Crippen LogP contribution in [0.5, 0.6) is 0 Å². The smallest absolute Gasteiger partial charge is 0.218 e. The summed E-state index contributed by atoms with van der Waals surface area (Å²) in [4.78, 5) is 0. The highest BCUT2D eigenvalue weighted by Crippen LogP contribution is 2.08. The number of rotatable bonds is 1. The second kappa shape index (κ2) is 2.27. The van der Waals surface area contributed by atoms with E-state index in [0.717, 1.165) is 0 Å². The van der Waals surface area contributed by atoms with Crippen molar-refractivity contribution in [3.05, 3.63) is 3.70 Å². The molecule has 0 radical (unpaired) electrons. The van der Waals surface area contributed by atoms with Crippen LogP contribution in [0.1, 0.15) is 0 Å². The van der Waals surface area contributed by atoms with E-state index in [-0.39, 0.29) is 0 Å². The third-order valence-corrected chi connectivity index (χ3v) is 1.29. The van der Waals surface area contributed by atoms with Crippen LogP contribution in [0.4, 0.5) is 5.82 Å². The first-order chi connectivity index (χ1) is 3.84. The average Bonchev–Trinajstić information content (AvgIpc) is 2.14. The number of halogens is 1. The Labute approximate surface area is 58.7 Å². The van der Waals surface area contributed by atoms with E-state index in [1.54, 1.807) is 0 Å². The van der Waals surface area contributed by atoms with E-state index in [0.29, 0.717) is 9.52 Å². The molecule has 0 saturated heterocycles. The molecule has 0 bridgehead atoms. The van der Waals surface area contributed by atoms with Gasteiger partial charge < -0.3 is 5.43 Å². The quantitative estimate of drug-likeness (QED) is 0.399. The van der Waals surface area contributed by atoms with Gasteiger partial charge in [-0.25, -0.2) is 10.5 Å². The average molecular weight is 226 g/mol. The molecule has 3 N–H and O–H groups in total. The van der Waals surface area contributed by atoms with Gasteiger partial charge in [-0.3, -0.25) is 0 Å². The van der Waals surface area contributed by atoms with Crippen LogP contribution in [0.25, 0.3) is 0 Å². The lowest BCUT2D eigenvalue weighted by atomic mass is 10.8. The highest BCUT2D eigenvalue weighted by Gasteiger charge is 2.00. The van der Waals surface area contributed by atoms with Gasteiger partial charge in [0.05, 0.1) is 0 Å². The summed E-state index contributed by atoms with van der Waals surface area (Å²) in [5, 5.41) is 6.85. The molecular formula is C2H3IN4O. The molecule has 0 amide bonds. The van der Waals surface area contributed by atoms with Crippen molar-refractivity contribution < 1.29 is 4.63 Å². The molecule has 0 saturated carbocycles. The summed E-state index contributed by atoms with van der Waals surface area (Å²) < 4.78 is 4.92. The maximum absolute atomic E-state index is 4.98. The fourth-order valence-corrected chi connectivity index (χ4v) is 0.606. The largest absolute Gasteiger partial charge is 0.303 e. The number of nitrogens with zero attached hydrogens (tertiary/aromatic N) is 2. The Balaban J connectivity index is 2.92. The molecule has 0 atom stereocenters. The van der Waals surface area contributed by atoms with Crippen LogP contribution in [0.2, 0.25) is 0 Å². The summed E-state index contributed by atoms with van der Waals surface area (Å²) >= 11 is 1.95. The molecule has 1 aromatic heterocycles. The summed E-state index contributed by atoms with van der Waals surface area (Å²) in [5.41, 5.74) is 2.30. The van der Waals surface area contributed by atoms with Gasteiger partial charge in [-0.2, -0.15) is 0 Å². The van der Waals surface area contributed by atoms with Crippen LogP contribution in [-0.2, 0) is 0 Å². The van der Waals surface area contributed by atoms with E-state index in [4.69, 9.17) is 5.84 Å². The van der Waals surface area contributed by atoms with E-state index in [1.165, 1.54) is 0 Å². The van der Waals surface area contributed by atoms with Crippen LogP contribution >= 0.6 is 22.6 Å². The molecule has 5 nitrogen and oxygen atoms in total. The third kappa shape index (κ3) is 0.892. The Kier molecular flexibility index (Phi) is 1.63. The minimum atomic E-state index is 0.464. The van der Waals surface area contributed by atoms with Crippen molar-refractivity contribution in [2.75, 3.05) is 5.43 Å². The van der Waals surface area contributed by atoms with E-state index in [2.05, 4.69) is 20.4 Å². The first-order valence-electron chi connectivity index (χ1n) is 1.79. The number of aromatic nitrogens is 2. The predicted octanol–water partition coefficient (Wildman–Crippen LogP) is -0.0402. The Morgan fingerprint density at radius 3 is 2.62 bits per heavy atom. The first-order valence-corrected chi connectivity index (χ1v) is 2.87. The zero-order valence-electron chi connectivity index (χ0n) is 3.76. The summed E-state index contributed by atoms with van der Waals surface area (Å²) in [6, 6.07) is 0. The van der Waals surface area contributed by atoms with Gasteiger partial charge in [0, 0.05) is 0 Å². The Bertz CT molecular complexity index is 174. The van der Waals surface area contributed by atoms with Crippen molar-refractivity contribution in [2.24, 2.45) is 5.84 Å². The number of anilines is 1. The van der Waals surface area contributed by atoms with Gasteiger partial charge in [0.15, 0.2) is 3.70 Å². The molecule has 6 heteroatoms. The molecule has 1 heterocycles. The van der Waals surface area contributed by atoms with Crippen molar-refractivity contribution >= 4 is 28.4 Å². The molecule has 1 aromatic rings. The fraction of sp³-hybridized carbons (Fsp3) is 0. The molecule has 0 aliphatic carbocycles. The fourth-order valence-electron chi connectivity index (χ4n) is 0.264. The van der Waals surface area contributed by atoms with Crippen LogP contribution in [0.15, 0.2) is 4.63 Å². The standard InChI is InChI=1S/C2H3IN4O/c3-1-2(5-4)7-8-6-1/h4H2,(H,5,7). The number of nitrogens with one attached hydrogen (secondary N) is 1. The second-order valence-electron chi connectivity index (χ2n) is 1.05. The lowest BCUT2D eigenvalue weighted by molar-refractivity contribution is 0.306. The van der Waals surface area contributed by atoms with Gasteiger partial charge in [0.25, 0.3) is 0 Å². The van der Waals surface area contributed by atoms with Crippen molar-refractivity contribution in [3.8, 4) is 0 Å². The lowest BCUT2D eigenvalue weighted by Gasteiger charge is -1.85. The van der Waals surface area contributed by atoms with Gasteiger partial charge in [0.1, 0.15) is 0 Å². The molecular weight excluding hydrogens is 223 g/mol. The molecule has 1 rings (SSSR count). The third-order valence-electron chi connectivity index (χ3n) is 0.585. The van der Waals surface area contributed by atoms with E-state index in [9.17, 15) is 0 Å². The lowest BCUT2D eigenvalue weighted by Crippen LogP contribution is -2.07. The van der Waals surface area contributed by atoms with Gasteiger partial charge >= 0.3 is 0 Å². The number of hydrogen-bond donors (Lipinski definition) is 2. The topological polar surface area (TPSA) is 77.0 Å². The number of hydrogen-bond acceptors (Lipinski definition) is 5.